The van der Waals surface area contributed by atoms with Gasteiger partial charge < -0.3 is 9.80 Å². The number of piperazine rings is 1. The summed E-state index contributed by atoms with van der Waals surface area (Å²) in [5.41, 5.74) is 6.41. The summed E-state index contributed by atoms with van der Waals surface area (Å²) in [6, 6.07) is 6.68. The normalized spacial score (nSPS) is 17.0. The van der Waals surface area contributed by atoms with Crippen molar-refractivity contribution in [1.82, 2.24) is 14.9 Å². The average molecular weight is 393 g/mol. The third-order valence-corrected chi connectivity index (χ3v) is 6.26. The van der Waals surface area contributed by atoms with Gasteiger partial charge in [0.1, 0.15) is 11.6 Å². The van der Waals surface area contributed by atoms with Crippen LogP contribution in [0.1, 0.15) is 66.4 Å². The highest BCUT2D eigenvalue weighted by atomic mass is 16.2. The van der Waals surface area contributed by atoms with Crippen molar-refractivity contribution < 1.29 is 4.79 Å². The average Bonchev–Trinajstić information content (AvgIpc) is 3.56. The highest BCUT2D eigenvalue weighted by Gasteiger charge is 2.30. The van der Waals surface area contributed by atoms with E-state index in [1.54, 1.807) is 6.92 Å². The van der Waals surface area contributed by atoms with Crippen LogP contribution in [-0.2, 0) is 17.6 Å². The lowest BCUT2D eigenvalue weighted by Crippen LogP contribution is -2.48. The van der Waals surface area contributed by atoms with Crippen molar-refractivity contribution in [2.75, 3.05) is 31.1 Å². The summed E-state index contributed by atoms with van der Waals surface area (Å²) in [6.45, 7) is 11.4. The van der Waals surface area contributed by atoms with E-state index in [0.717, 1.165) is 50.7 Å². The molecule has 1 aliphatic heterocycles. The Morgan fingerprint density at radius 3 is 2.45 bits per heavy atom. The van der Waals surface area contributed by atoms with Crippen molar-refractivity contribution in [1.29, 1.82) is 0 Å². The summed E-state index contributed by atoms with van der Waals surface area (Å²) in [7, 11) is 0. The number of hydrogen-bond acceptors (Lipinski definition) is 4. The van der Waals surface area contributed by atoms with Gasteiger partial charge in [0.25, 0.3) is 0 Å². The molecule has 1 aliphatic carbocycles. The Morgan fingerprint density at radius 2 is 1.83 bits per heavy atom. The number of benzene rings is 1. The van der Waals surface area contributed by atoms with E-state index < -0.39 is 0 Å². The first-order valence-electron chi connectivity index (χ1n) is 10.9. The highest BCUT2D eigenvalue weighted by molar-refractivity contribution is 5.73. The van der Waals surface area contributed by atoms with Gasteiger partial charge in [-0.1, -0.05) is 30.7 Å². The summed E-state index contributed by atoms with van der Waals surface area (Å²) in [4.78, 5) is 26.2. The maximum Gasteiger partial charge on any atom is 0.219 e. The molecule has 5 heteroatoms. The number of amides is 1. The molecule has 2 fully saturated rings. The molecule has 2 aromatic rings. The van der Waals surface area contributed by atoms with Gasteiger partial charge in [0.05, 0.1) is 0 Å². The summed E-state index contributed by atoms with van der Waals surface area (Å²) in [5, 5.41) is 0. The number of nitrogens with zero attached hydrogens (tertiary/aromatic N) is 4. The van der Waals surface area contributed by atoms with Crippen LogP contribution in [0.25, 0.3) is 0 Å². The minimum Gasteiger partial charge on any atom is -0.353 e. The van der Waals surface area contributed by atoms with Crippen molar-refractivity contribution in [2.45, 2.75) is 59.3 Å². The smallest absolute Gasteiger partial charge is 0.219 e. The molecule has 0 bridgehead atoms. The molecule has 4 rings (SSSR count). The number of aromatic nitrogens is 2. The number of anilines is 1. The zero-order valence-corrected chi connectivity index (χ0v) is 18.2. The molecular formula is C24H32N4O. The van der Waals surface area contributed by atoms with E-state index >= 15 is 0 Å². The quantitative estimate of drug-likeness (QED) is 0.777. The Hall–Kier alpha value is -2.43. The van der Waals surface area contributed by atoms with Gasteiger partial charge in [-0.2, -0.15) is 0 Å². The largest absolute Gasteiger partial charge is 0.353 e. The number of rotatable bonds is 5. The van der Waals surface area contributed by atoms with E-state index in [-0.39, 0.29) is 5.91 Å². The number of carbonyl (C=O) groups excluding carboxylic acids is 1. The van der Waals surface area contributed by atoms with E-state index in [2.05, 4.69) is 43.9 Å². The van der Waals surface area contributed by atoms with E-state index in [1.807, 2.05) is 4.90 Å². The lowest BCUT2D eigenvalue weighted by Gasteiger charge is -2.36. The molecular weight excluding hydrogens is 360 g/mol. The molecule has 154 valence electrons. The minimum absolute atomic E-state index is 0.163. The van der Waals surface area contributed by atoms with Crippen LogP contribution >= 0.6 is 0 Å². The van der Waals surface area contributed by atoms with Gasteiger partial charge in [0, 0.05) is 56.7 Å². The van der Waals surface area contributed by atoms with Crippen molar-refractivity contribution >= 4 is 11.7 Å². The molecule has 0 radical (unpaired) electrons. The van der Waals surface area contributed by atoms with Crippen molar-refractivity contribution in [3.63, 3.8) is 0 Å². The molecule has 1 aromatic carbocycles. The predicted molar refractivity (Wildman–Crippen MR) is 117 cm³/mol. The third-order valence-electron chi connectivity index (χ3n) is 6.26. The van der Waals surface area contributed by atoms with Crippen molar-refractivity contribution in [3.05, 3.63) is 52.0 Å². The molecule has 0 atom stereocenters. The van der Waals surface area contributed by atoms with Gasteiger partial charge >= 0.3 is 0 Å². The fraction of sp³-hybridized carbons (Fsp3) is 0.542. The predicted octanol–water partition coefficient (Wildman–Crippen LogP) is 3.79. The molecule has 2 heterocycles. The van der Waals surface area contributed by atoms with Gasteiger partial charge in [0.2, 0.25) is 5.91 Å². The van der Waals surface area contributed by atoms with E-state index in [4.69, 9.17) is 9.97 Å². The Kier molecular flexibility index (Phi) is 5.57. The molecule has 5 nitrogen and oxygen atoms in total. The maximum atomic E-state index is 11.8. The molecule has 1 saturated carbocycles. The summed E-state index contributed by atoms with van der Waals surface area (Å²) in [5.74, 6) is 2.82. The fourth-order valence-electron chi connectivity index (χ4n) is 4.21. The van der Waals surface area contributed by atoms with E-state index in [9.17, 15) is 4.79 Å². The zero-order chi connectivity index (χ0) is 20.5. The van der Waals surface area contributed by atoms with Gasteiger partial charge in [-0.3, -0.25) is 4.79 Å². The molecule has 0 N–H and O–H groups in total. The Labute approximate surface area is 174 Å². The first-order chi connectivity index (χ1) is 14.0. The van der Waals surface area contributed by atoms with Crippen LogP contribution < -0.4 is 4.90 Å². The minimum atomic E-state index is 0.163. The van der Waals surface area contributed by atoms with Crippen LogP contribution in [0.2, 0.25) is 0 Å². The Bertz CT molecular complexity index is 911. The Morgan fingerprint density at radius 1 is 1.10 bits per heavy atom. The summed E-state index contributed by atoms with van der Waals surface area (Å²) >= 11 is 0. The third kappa shape index (κ3) is 4.29. The first kappa shape index (κ1) is 19.9. The fourth-order valence-corrected chi connectivity index (χ4v) is 4.21. The van der Waals surface area contributed by atoms with Gasteiger partial charge in [-0.25, -0.2) is 9.97 Å². The molecule has 1 amide bonds. The topological polar surface area (TPSA) is 49.3 Å². The Balaban J connectivity index is 1.72. The van der Waals surface area contributed by atoms with Gasteiger partial charge in [-0.15, -0.1) is 0 Å². The van der Waals surface area contributed by atoms with Crippen LogP contribution in [0, 0.1) is 13.8 Å². The van der Waals surface area contributed by atoms with E-state index in [1.165, 1.54) is 40.8 Å². The van der Waals surface area contributed by atoms with Gasteiger partial charge in [-0.05, 0) is 44.2 Å². The van der Waals surface area contributed by atoms with Gasteiger partial charge in [0.15, 0.2) is 0 Å². The number of hydrogen-bond donors (Lipinski definition) is 0. The highest BCUT2D eigenvalue weighted by Crippen LogP contribution is 2.40. The lowest BCUT2D eigenvalue weighted by molar-refractivity contribution is -0.129. The van der Waals surface area contributed by atoms with Crippen LogP contribution in [0.15, 0.2) is 18.2 Å². The van der Waals surface area contributed by atoms with Crippen molar-refractivity contribution in [2.24, 2.45) is 0 Å². The monoisotopic (exact) mass is 392 g/mol. The summed E-state index contributed by atoms with van der Waals surface area (Å²) < 4.78 is 0. The lowest BCUT2D eigenvalue weighted by atomic mass is 9.96. The SMILES string of the molecule is CCc1nc(C2CC2)nc(N2CCN(C(C)=O)CC2)c1Cc1cc(C)ccc1C. The van der Waals surface area contributed by atoms with Crippen LogP contribution in [-0.4, -0.2) is 47.0 Å². The van der Waals surface area contributed by atoms with Crippen LogP contribution in [0.4, 0.5) is 5.82 Å². The molecule has 2 aliphatic rings. The number of carbonyl (C=O) groups is 1. The van der Waals surface area contributed by atoms with Crippen LogP contribution in [0.3, 0.4) is 0 Å². The molecule has 1 aromatic heterocycles. The second kappa shape index (κ2) is 8.13. The molecule has 29 heavy (non-hydrogen) atoms. The second-order valence-corrected chi connectivity index (χ2v) is 8.56. The summed E-state index contributed by atoms with van der Waals surface area (Å²) in [6.07, 6.45) is 4.20. The van der Waals surface area contributed by atoms with E-state index in [0.29, 0.717) is 5.92 Å². The van der Waals surface area contributed by atoms with Crippen LogP contribution in [0.5, 0.6) is 0 Å². The second-order valence-electron chi connectivity index (χ2n) is 8.56. The standard InChI is InChI=1S/C24H32N4O/c1-5-22-21(15-20-14-16(2)6-7-17(20)3)24(26-23(25-22)19-8-9-19)28-12-10-27(11-13-28)18(4)29/h6-7,14,19H,5,8-13,15H2,1-4H3. The van der Waals surface area contributed by atoms with Crippen molar-refractivity contribution in [3.8, 4) is 0 Å². The maximum absolute atomic E-state index is 11.8. The number of aryl methyl sites for hydroxylation is 3. The molecule has 1 saturated heterocycles. The molecule has 0 spiro atoms. The zero-order valence-electron chi connectivity index (χ0n) is 18.2. The first-order valence-corrected chi connectivity index (χ1v) is 10.9. The molecule has 0 unspecified atom stereocenters.